The molecule has 90 valence electrons. The van der Waals surface area contributed by atoms with Crippen molar-refractivity contribution < 1.29 is 9.90 Å². The molecule has 1 aromatic heterocycles. The van der Waals surface area contributed by atoms with Gasteiger partial charge in [-0.05, 0) is 13.0 Å². The first-order valence-electron chi connectivity index (χ1n) is 5.59. The molecule has 0 saturated carbocycles. The Bertz CT molecular complexity index is 671. The smallest absolute Gasteiger partial charge is 0.356 e. The summed E-state index contributed by atoms with van der Waals surface area (Å²) < 4.78 is 1.87. The number of aryl methyl sites for hydroxylation is 1. The minimum Gasteiger partial charge on any atom is -0.476 e. The number of fused-ring (bicyclic) bond motifs is 3. The van der Waals surface area contributed by atoms with Crippen molar-refractivity contribution in [2.45, 2.75) is 13.5 Å². The normalized spacial score (nSPS) is 12.7. The summed E-state index contributed by atoms with van der Waals surface area (Å²) in [6.45, 7) is 2.13. The molecule has 1 aromatic carbocycles. The van der Waals surface area contributed by atoms with Gasteiger partial charge in [-0.1, -0.05) is 18.2 Å². The summed E-state index contributed by atoms with van der Waals surface area (Å²) >= 11 is 0. The highest BCUT2D eigenvalue weighted by Crippen LogP contribution is 2.24. The number of aromatic carboxylic acids is 1. The largest absolute Gasteiger partial charge is 0.476 e. The molecular formula is C13H11N3O2. The Labute approximate surface area is 103 Å². The molecule has 5 heteroatoms. The van der Waals surface area contributed by atoms with Gasteiger partial charge in [-0.15, -0.1) is 0 Å². The first kappa shape index (κ1) is 10.7. The Morgan fingerprint density at radius 2 is 2.17 bits per heavy atom. The number of carbonyl (C=O) groups is 1. The van der Waals surface area contributed by atoms with E-state index in [4.69, 9.17) is 5.11 Å². The number of benzene rings is 1. The molecule has 5 nitrogen and oxygen atoms in total. The maximum absolute atomic E-state index is 11.2. The molecule has 3 rings (SSSR count). The van der Waals surface area contributed by atoms with Crippen LogP contribution in [0.15, 0.2) is 29.3 Å². The molecule has 0 bridgehead atoms. The Balaban J connectivity index is 2.35. The molecule has 0 amide bonds. The summed E-state index contributed by atoms with van der Waals surface area (Å²) in [5.41, 5.74) is 2.60. The zero-order valence-corrected chi connectivity index (χ0v) is 9.79. The lowest BCUT2D eigenvalue weighted by molar-refractivity contribution is 0.0689. The van der Waals surface area contributed by atoms with E-state index in [0.29, 0.717) is 18.1 Å². The SMILES string of the molecule is Cc1nc(C(=O)O)c2n1-c1ccccc1C=NC2. The van der Waals surface area contributed by atoms with Crippen LogP contribution >= 0.6 is 0 Å². The van der Waals surface area contributed by atoms with Crippen molar-refractivity contribution in [2.24, 2.45) is 4.99 Å². The van der Waals surface area contributed by atoms with Crippen LogP contribution in [0.4, 0.5) is 0 Å². The maximum Gasteiger partial charge on any atom is 0.356 e. The third-order valence-electron chi connectivity index (χ3n) is 2.99. The number of nitrogens with zero attached hydrogens (tertiary/aromatic N) is 3. The van der Waals surface area contributed by atoms with E-state index in [-0.39, 0.29) is 5.69 Å². The predicted molar refractivity (Wildman–Crippen MR) is 66.6 cm³/mol. The molecular weight excluding hydrogens is 230 g/mol. The van der Waals surface area contributed by atoms with Gasteiger partial charge < -0.3 is 5.11 Å². The standard InChI is InChI=1S/C13H11N3O2/c1-8-15-12(13(17)18)11-7-14-6-9-4-2-3-5-10(9)16(8)11/h2-6H,7H2,1H3,(H,17,18). The zero-order valence-electron chi connectivity index (χ0n) is 9.79. The lowest BCUT2D eigenvalue weighted by Gasteiger charge is -2.09. The number of carboxylic acids is 1. The van der Waals surface area contributed by atoms with Crippen molar-refractivity contribution in [2.75, 3.05) is 0 Å². The van der Waals surface area contributed by atoms with Crippen molar-refractivity contribution in [1.82, 2.24) is 9.55 Å². The highest BCUT2D eigenvalue weighted by Gasteiger charge is 2.22. The van der Waals surface area contributed by atoms with E-state index in [2.05, 4.69) is 9.98 Å². The van der Waals surface area contributed by atoms with E-state index in [9.17, 15) is 4.79 Å². The zero-order chi connectivity index (χ0) is 12.7. The lowest BCUT2D eigenvalue weighted by Crippen LogP contribution is -2.05. The van der Waals surface area contributed by atoms with Gasteiger partial charge in [0.2, 0.25) is 0 Å². The number of hydrogen-bond donors (Lipinski definition) is 1. The van der Waals surface area contributed by atoms with Crippen LogP contribution in [-0.4, -0.2) is 26.8 Å². The van der Waals surface area contributed by atoms with Crippen LogP contribution in [0.2, 0.25) is 0 Å². The third-order valence-corrected chi connectivity index (χ3v) is 2.99. The first-order chi connectivity index (χ1) is 8.68. The topological polar surface area (TPSA) is 67.5 Å². The average Bonchev–Trinajstić information content (AvgIpc) is 2.57. The molecule has 0 fully saturated rings. The Hall–Kier alpha value is -2.43. The quantitative estimate of drug-likeness (QED) is 0.827. The van der Waals surface area contributed by atoms with Crippen molar-refractivity contribution in [3.8, 4) is 5.69 Å². The van der Waals surface area contributed by atoms with Gasteiger partial charge >= 0.3 is 5.97 Å². The summed E-state index contributed by atoms with van der Waals surface area (Å²) in [4.78, 5) is 19.6. The van der Waals surface area contributed by atoms with Gasteiger partial charge in [0.25, 0.3) is 0 Å². The maximum atomic E-state index is 11.2. The van der Waals surface area contributed by atoms with Crippen molar-refractivity contribution in [3.05, 3.63) is 47.0 Å². The number of carboxylic acid groups (broad SMARTS) is 1. The number of imidazole rings is 1. The highest BCUT2D eigenvalue weighted by atomic mass is 16.4. The molecule has 0 spiro atoms. The van der Waals surface area contributed by atoms with Crippen LogP contribution in [0.5, 0.6) is 0 Å². The molecule has 1 N–H and O–H groups in total. The minimum atomic E-state index is -1.01. The molecule has 2 heterocycles. The van der Waals surface area contributed by atoms with Crippen LogP contribution in [0.25, 0.3) is 5.69 Å². The van der Waals surface area contributed by atoms with E-state index in [0.717, 1.165) is 11.3 Å². The van der Waals surface area contributed by atoms with E-state index in [1.165, 1.54) is 0 Å². The van der Waals surface area contributed by atoms with Gasteiger partial charge in [-0.2, -0.15) is 0 Å². The molecule has 1 aliphatic rings. The molecule has 1 aliphatic heterocycles. The third kappa shape index (κ3) is 1.44. The van der Waals surface area contributed by atoms with Crippen LogP contribution in [0.1, 0.15) is 27.6 Å². The summed E-state index contributed by atoms with van der Waals surface area (Å²) in [7, 11) is 0. The second-order valence-electron chi connectivity index (χ2n) is 4.12. The Morgan fingerprint density at radius 3 is 2.94 bits per heavy atom. The first-order valence-corrected chi connectivity index (χ1v) is 5.59. The van der Waals surface area contributed by atoms with E-state index in [1.54, 1.807) is 13.1 Å². The molecule has 18 heavy (non-hydrogen) atoms. The van der Waals surface area contributed by atoms with Gasteiger partial charge in [0, 0.05) is 11.8 Å². The van der Waals surface area contributed by atoms with Gasteiger partial charge in [0.15, 0.2) is 5.69 Å². The molecule has 0 unspecified atom stereocenters. The van der Waals surface area contributed by atoms with E-state index in [1.807, 2.05) is 28.8 Å². The highest BCUT2D eigenvalue weighted by molar-refractivity contribution is 5.89. The molecule has 0 atom stereocenters. The van der Waals surface area contributed by atoms with Crippen molar-refractivity contribution >= 4 is 12.2 Å². The number of hydrogen-bond acceptors (Lipinski definition) is 3. The lowest BCUT2D eigenvalue weighted by atomic mass is 10.2. The monoisotopic (exact) mass is 241 g/mol. The Morgan fingerprint density at radius 1 is 1.39 bits per heavy atom. The minimum absolute atomic E-state index is 0.0846. The van der Waals surface area contributed by atoms with Crippen molar-refractivity contribution in [3.63, 3.8) is 0 Å². The van der Waals surface area contributed by atoms with Crippen LogP contribution < -0.4 is 0 Å². The van der Waals surface area contributed by atoms with Gasteiger partial charge in [-0.3, -0.25) is 9.56 Å². The predicted octanol–water partition coefficient (Wildman–Crippen LogP) is 1.81. The summed E-state index contributed by atoms with van der Waals surface area (Å²) in [5, 5.41) is 9.17. The fourth-order valence-corrected chi connectivity index (χ4v) is 2.24. The summed E-state index contributed by atoms with van der Waals surface area (Å²) in [6.07, 6.45) is 1.77. The van der Waals surface area contributed by atoms with Gasteiger partial charge in [-0.25, -0.2) is 9.78 Å². The summed E-state index contributed by atoms with van der Waals surface area (Å²) in [5.74, 6) is -0.346. The second-order valence-corrected chi connectivity index (χ2v) is 4.12. The molecule has 0 radical (unpaired) electrons. The van der Waals surface area contributed by atoms with Crippen molar-refractivity contribution in [1.29, 1.82) is 0 Å². The molecule has 0 aliphatic carbocycles. The van der Waals surface area contributed by atoms with Crippen LogP contribution in [-0.2, 0) is 6.54 Å². The number of aliphatic imine (C=N–C) groups is 1. The number of rotatable bonds is 1. The average molecular weight is 241 g/mol. The molecule has 0 saturated heterocycles. The summed E-state index contributed by atoms with van der Waals surface area (Å²) in [6, 6.07) is 7.74. The number of para-hydroxylation sites is 1. The van der Waals surface area contributed by atoms with Gasteiger partial charge in [0.05, 0.1) is 17.9 Å². The number of aromatic nitrogens is 2. The van der Waals surface area contributed by atoms with Gasteiger partial charge in [0.1, 0.15) is 5.82 Å². The Kier molecular flexibility index (Phi) is 2.26. The van der Waals surface area contributed by atoms with E-state index < -0.39 is 5.97 Å². The fraction of sp³-hybridized carbons (Fsp3) is 0.154. The van der Waals surface area contributed by atoms with E-state index >= 15 is 0 Å². The van der Waals surface area contributed by atoms with Crippen LogP contribution in [0, 0.1) is 6.92 Å². The van der Waals surface area contributed by atoms with Crippen LogP contribution in [0.3, 0.4) is 0 Å². The fourth-order valence-electron chi connectivity index (χ4n) is 2.24. The molecule has 2 aromatic rings. The second kappa shape index (κ2) is 3.80.